The van der Waals surface area contributed by atoms with E-state index in [0.717, 1.165) is 18.4 Å². The lowest BCUT2D eigenvalue weighted by Crippen LogP contribution is -2.47. The average Bonchev–Trinajstić information content (AvgIpc) is 2.35. The molecule has 2 atom stereocenters. The lowest BCUT2D eigenvalue weighted by molar-refractivity contribution is 0.0842. The zero-order chi connectivity index (χ0) is 14.3. The van der Waals surface area contributed by atoms with Gasteiger partial charge in [-0.15, -0.1) is 0 Å². The highest BCUT2D eigenvalue weighted by Gasteiger charge is 2.35. The van der Waals surface area contributed by atoms with Gasteiger partial charge >= 0.3 is 0 Å². The molecule has 0 aromatic heterocycles. The van der Waals surface area contributed by atoms with Crippen LogP contribution in [0.1, 0.15) is 60.3 Å². The summed E-state index contributed by atoms with van der Waals surface area (Å²) in [5.41, 5.74) is 0.526. The first kappa shape index (κ1) is 17.0. The van der Waals surface area contributed by atoms with Crippen molar-refractivity contribution in [1.29, 1.82) is 0 Å². The van der Waals surface area contributed by atoms with Crippen LogP contribution in [0.25, 0.3) is 0 Å². The van der Waals surface area contributed by atoms with E-state index in [2.05, 4.69) is 44.8 Å². The summed E-state index contributed by atoms with van der Waals surface area (Å²) in [5.74, 6) is 1.66. The van der Waals surface area contributed by atoms with E-state index >= 15 is 0 Å². The molecule has 0 amide bonds. The molecule has 1 rings (SSSR count). The summed E-state index contributed by atoms with van der Waals surface area (Å²) >= 11 is 0. The van der Waals surface area contributed by atoms with E-state index in [4.69, 9.17) is 0 Å². The monoisotopic (exact) mass is 268 g/mol. The van der Waals surface area contributed by atoms with Crippen molar-refractivity contribution in [2.24, 2.45) is 17.3 Å². The smallest absolute Gasteiger partial charge is 0.00500 e. The largest absolute Gasteiger partial charge is 0.316 e. The van der Waals surface area contributed by atoms with Crippen molar-refractivity contribution in [2.45, 2.75) is 60.3 Å². The van der Waals surface area contributed by atoms with E-state index in [1.165, 1.54) is 51.9 Å². The van der Waals surface area contributed by atoms with Crippen LogP contribution in [0.5, 0.6) is 0 Å². The van der Waals surface area contributed by atoms with Crippen LogP contribution in [0.15, 0.2) is 0 Å². The van der Waals surface area contributed by atoms with Crippen molar-refractivity contribution in [3.8, 4) is 0 Å². The van der Waals surface area contributed by atoms with Crippen LogP contribution in [-0.2, 0) is 0 Å². The van der Waals surface area contributed by atoms with Crippen LogP contribution in [0.4, 0.5) is 0 Å². The average molecular weight is 268 g/mol. The summed E-state index contributed by atoms with van der Waals surface area (Å²) in [4.78, 5) is 2.62. The molecule has 0 saturated heterocycles. The molecule has 2 unspecified atom stereocenters. The fourth-order valence-corrected chi connectivity index (χ4v) is 3.68. The lowest BCUT2D eigenvalue weighted by Gasteiger charge is -2.43. The maximum absolute atomic E-state index is 3.74. The van der Waals surface area contributed by atoms with Gasteiger partial charge in [-0.2, -0.15) is 0 Å². The summed E-state index contributed by atoms with van der Waals surface area (Å²) < 4.78 is 0. The van der Waals surface area contributed by atoms with Crippen molar-refractivity contribution in [1.82, 2.24) is 10.2 Å². The standard InChI is InChI=1S/C17H36N2/c1-6-19(7-2)14-17(13-18-12-15(3)4)10-8-9-16(5)11-17/h15-16,18H,6-14H2,1-5H3. The van der Waals surface area contributed by atoms with Crippen LogP contribution < -0.4 is 5.32 Å². The fourth-order valence-electron chi connectivity index (χ4n) is 3.68. The Kier molecular flexibility index (Phi) is 7.38. The normalized spacial score (nSPS) is 28.3. The lowest BCUT2D eigenvalue weighted by atomic mass is 9.69. The highest BCUT2D eigenvalue weighted by molar-refractivity contribution is 4.89. The molecule has 0 heterocycles. The Balaban J connectivity index is 2.60. The molecule has 0 radical (unpaired) electrons. The number of nitrogens with one attached hydrogen (secondary N) is 1. The van der Waals surface area contributed by atoms with Crippen LogP contribution in [0, 0.1) is 17.3 Å². The second-order valence-corrected chi connectivity index (χ2v) is 7.19. The first-order valence-corrected chi connectivity index (χ1v) is 8.44. The van der Waals surface area contributed by atoms with Crippen molar-refractivity contribution in [3.63, 3.8) is 0 Å². The zero-order valence-electron chi connectivity index (χ0n) is 14.0. The third-order valence-corrected chi connectivity index (χ3v) is 4.69. The van der Waals surface area contributed by atoms with E-state index in [-0.39, 0.29) is 0 Å². The SMILES string of the molecule is CCN(CC)CC1(CNCC(C)C)CCCC(C)C1. The molecule has 0 aliphatic heterocycles. The third kappa shape index (κ3) is 5.83. The molecule has 2 heteroatoms. The fraction of sp³-hybridized carbons (Fsp3) is 1.00. The van der Waals surface area contributed by atoms with E-state index in [1.807, 2.05) is 0 Å². The van der Waals surface area contributed by atoms with Crippen LogP contribution in [-0.4, -0.2) is 37.6 Å². The van der Waals surface area contributed by atoms with Gasteiger partial charge in [0.2, 0.25) is 0 Å². The molecule has 1 aliphatic carbocycles. The van der Waals surface area contributed by atoms with Crippen molar-refractivity contribution in [3.05, 3.63) is 0 Å². The van der Waals surface area contributed by atoms with Gasteiger partial charge in [-0.25, -0.2) is 0 Å². The minimum Gasteiger partial charge on any atom is -0.316 e. The minimum atomic E-state index is 0.526. The van der Waals surface area contributed by atoms with Crippen molar-refractivity contribution >= 4 is 0 Å². The summed E-state index contributed by atoms with van der Waals surface area (Å²) in [5, 5.41) is 3.74. The van der Waals surface area contributed by atoms with Gasteiger partial charge in [-0.05, 0) is 49.7 Å². The summed E-state index contributed by atoms with van der Waals surface area (Å²) in [6, 6.07) is 0. The summed E-state index contributed by atoms with van der Waals surface area (Å²) in [7, 11) is 0. The van der Waals surface area contributed by atoms with Gasteiger partial charge in [-0.3, -0.25) is 0 Å². The molecule has 1 N–H and O–H groups in total. The highest BCUT2D eigenvalue weighted by Crippen LogP contribution is 2.39. The molecule has 0 bridgehead atoms. The topological polar surface area (TPSA) is 15.3 Å². The molecule has 2 nitrogen and oxygen atoms in total. The van der Waals surface area contributed by atoms with Crippen LogP contribution in [0.2, 0.25) is 0 Å². The molecule has 1 fully saturated rings. The van der Waals surface area contributed by atoms with Crippen molar-refractivity contribution in [2.75, 3.05) is 32.7 Å². The molecular formula is C17H36N2. The Hall–Kier alpha value is -0.0800. The third-order valence-electron chi connectivity index (χ3n) is 4.69. The van der Waals surface area contributed by atoms with Gasteiger partial charge in [0, 0.05) is 13.1 Å². The maximum atomic E-state index is 3.74. The predicted molar refractivity (Wildman–Crippen MR) is 85.6 cm³/mol. The first-order chi connectivity index (χ1) is 9.01. The predicted octanol–water partition coefficient (Wildman–Crippen LogP) is 3.77. The van der Waals surface area contributed by atoms with Gasteiger partial charge in [0.15, 0.2) is 0 Å². The van der Waals surface area contributed by atoms with Gasteiger partial charge in [0.25, 0.3) is 0 Å². The molecule has 19 heavy (non-hydrogen) atoms. The van der Waals surface area contributed by atoms with Gasteiger partial charge in [0.1, 0.15) is 0 Å². The molecule has 1 saturated carbocycles. The Bertz CT molecular complexity index is 235. The number of nitrogens with zero attached hydrogens (tertiary/aromatic N) is 1. The summed E-state index contributed by atoms with van der Waals surface area (Å²) in [6.07, 6.45) is 5.68. The highest BCUT2D eigenvalue weighted by atomic mass is 15.1. The molecule has 0 spiro atoms. The molecular weight excluding hydrogens is 232 g/mol. The van der Waals surface area contributed by atoms with Crippen LogP contribution >= 0.6 is 0 Å². The maximum Gasteiger partial charge on any atom is 0.00500 e. The van der Waals surface area contributed by atoms with E-state index in [0.29, 0.717) is 5.41 Å². The Morgan fingerprint density at radius 2 is 1.95 bits per heavy atom. The van der Waals surface area contributed by atoms with E-state index in [1.54, 1.807) is 0 Å². The quantitative estimate of drug-likeness (QED) is 0.721. The van der Waals surface area contributed by atoms with E-state index in [9.17, 15) is 0 Å². The van der Waals surface area contributed by atoms with Crippen LogP contribution in [0.3, 0.4) is 0 Å². The number of hydrogen-bond donors (Lipinski definition) is 1. The first-order valence-electron chi connectivity index (χ1n) is 8.44. The minimum absolute atomic E-state index is 0.526. The number of rotatable bonds is 8. The van der Waals surface area contributed by atoms with Gasteiger partial charge in [-0.1, -0.05) is 47.5 Å². The Labute approximate surface area is 121 Å². The molecule has 114 valence electrons. The van der Waals surface area contributed by atoms with E-state index < -0.39 is 0 Å². The molecule has 0 aromatic carbocycles. The van der Waals surface area contributed by atoms with Gasteiger partial charge in [0.05, 0.1) is 0 Å². The number of hydrogen-bond acceptors (Lipinski definition) is 2. The van der Waals surface area contributed by atoms with Crippen molar-refractivity contribution < 1.29 is 0 Å². The zero-order valence-corrected chi connectivity index (χ0v) is 14.0. The summed E-state index contributed by atoms with van der Waals surface area (Å²) in [6.45, 7) is 17.7. The molecule has 1 aliphatic rings. The second kappa shape index (κ2) is 8.26. The molecule has 0 aromatic rings. The second-order valence-electron chi connectivity index (χ2n) is 7.19. The Morgan fingerprint density at radius 3 is 2.47 bits per heavy atom. The van der Waals surface area contributed by atoms with Gasteiger partial charge < -0.3 is 10.2 Å². The Morgan fingerprint density at radius 1 is 1.26 bits per heavy atom.